The maximum absolute atomic E-state index is 11.8. The van der Waals surface area contributed by atoms with E-state index in [2.05, 4.69) is 14.9 Å². The number of nitrogens with two attached hydrogens (primary N) is 1. The van der Waals surface area contributed by atoms with Crippen molar-refractivity contribution < 1.29 is 8.42 Å². The van der Waals surface area contributed by atoms with Gasteiger partial charge < -0.3 is 5.73 Å². The number of amidine groups is 1. The minimum atomic E-state index is -3.63. The van der Waals surface area contributed by atoms with Crippen molar-refractivity contribution in [3.05, 3.63) is 12.4 Å². The van der Waals surface area contributed by atoms with Crippen molar-refractivity contribution in [1.82, 2.24) is 14.9 Å². The molecule has 1 unspecified atom stereocenters. The fraction of sp³-hybridized carbons (Fsp3) is 0.500. The molecule has 1 fully saturated rings. The molecule has 1 heterocycles. The summed E-state index contributed by atoms with van der Waals surface area (Å²) in [5.74, 6) is 0.00810. The van der Waals surface area contributed by atoms with Gasteiger partial charge in [-0.25, -0.2) is 13.1 Å². The first-order valence-electron chi connectivity index (χ1n) is 4.86. The number of H-pyrrole nitrogens is 1. The molecular formula is C8H13N5O2S. The summed E-state index contributed by atoms with van der Waals surface area (Å²) < 4.78 is 26.1. The molecule has 0 spiro atoms. The van der Waals surface area contributed by atoms with Gasteiger partial charge in [0.15, 0.2) is 0 Å². The van der Waals surface area contributed by atoms with E-state index in [9.17, 15) is 8.42 Å². The summed E-state index contributed by atoms with van der Waals surface area (Å²) >= 11 is 0. The van der Waals surface area contributed by atoms with Gasteiger partial charge in [0.05, 0.1) is 12.2 Å². The summed E-state index contributed by atoms with van der Waals surface area (Å²) in [5, 5.41) is 13.4. The summed E-state index contributed by atoms with van der Waals surface area (Å²) in [5.41, 5.74) is 5.37. The average molecular weight is 243 g/mol. The van der Waals surface area contributed by atoms with Crippen LogP contribution in [0.25, 0.3) is 0 Å². The SMILES string of the molecule is N=C(N)C(NS(=O)(=O)c1cn[nH]c1)C1CC1. The Morgan fingerprint density at radius 3 is 2.81 bits per heavy atom. The van der Waals surface area contributed by atoms with Crippen LogP contribution in [0.2, 0.25) is 0 Å². The van der Waals surface area contributed by atoms with Crippen molar-refractivity contribution in [2.24, 2.45) is 11.7 Å². The highest BCUT2D eigenvalue weighted by molar-refractivity contribution is 7.89. The topological polar surface area (TPSA) is 125 Å². The Hall–Kier alpha value is -1.41. The highest BCUT2D eigenvalue weighted by Gasteiger charge is 2.36. The normalized spacial score (nSPS) is 18.2. The van der Waals surface area contributed by atoms with Crippen LogP contribution in [0.15, 0.2) is 17.3 Å². The van der Waals surface area contributed by atoms with E-state index >= 15 is 0 Å². The van der Waals surface area contributed by atoms with Crippen LogP contribution in [0.1, 0.15) is 12.8 Å². The third kappa shape index (κ3) is 2.22. The van der Waals surface area contributed by atoms with Gasteiger partial charge in [0.1, 0.15) is 10.7 Å². The Kier molecular flexibility index (Phi) is 2.68. The van der Waals surface area contributed by atoms with Crippen LogP contribution < -0.4 is 10.5 Å². The molecule has 1 saturated carbocycles. The van der Waals surface area contributed by atoms with Crippen molar-refractivity contribution in [3.8, 4) is 0 Å². The number of aromatic nitrogens is 2. The van der Waals surface area contributed by atoms with Gasteiger partial charge in [-0.3, -0.25) is 10.5 Å². The van der Waals surface area contributed by atoms with Gasteiger partial charge in [-0.2, -0.15) is 5.10 Å². The van der Waals surface area contributed by atoms with E-state index in [1.807, 2.05) is 0 Å². The van der Waals surface area contributed by atoms with Gasteiger partial charge >= 0.3 is 0 Å². The molecule has 2 rings (SSSR count). The molecule has 0 bridgehead atoms. The molecule has 0 aromatic carbocycles. The standard InChI is InChI=1S/C8H13N5O2S/c9-8(10)7(5-1-2-5)13-16(14,15)6-3-11-12-4-6/h3-5,7,13H,1-2H2,(H3,9,10)(H,11,12). The monoisotopic (exact) mass is 243 g/mol. The highest BCUT2D eigenvalue weighted by Crippen LogP contribution is 2.33. The lowest BCUT2D eigenvalue weighted by Crippen LogP contribution is -2.45. The van der Waals surface area contributed by atoms with E-state index in [0.717, 1.165) is 12.8 Å². The molecule has 1 aliphatic carbocycles. The maximum Gasteiger partial charge on any atom is 0.244 e. The van der Waals surface area contributed by atoms with Crippen LogP contribution in [0.3, 0.4) is 0 Å². The molecule has 0 radical (unpaired) electrons. The van der Waals surface area contributed by atoms with E-state index in [1.54, 1.807) is 0 Å². The second kappa shape index (κ2) is 3.87. The van der Waals surface area contributed by atoms with Crippen molar-refractivity contribution in [3.63, 3.8) is 0 Å². The molecule has 1 aromatic heterocycles. The first kappa shape index (κ1) is 11.1. The Morgan fingerprint density at radius 2 is 2.38 bits per heavy atom. The molecular weight excluding hydrogens is 230 g/mol. The van der Waals surface area contributed by atoms with Gasteiger partial charge in [0, 0.05) is 6.20 Å². The zero-order valence-electron chi connectivity index (χ0n) is 8.47. The number of aromatic amines is 1. The summed E-state index contributed by atoms with van der Waals surface area (Å²) in [4.78, 5) is 0.0550. The van der Waals surface area contributed by atoms with Crippen LogP contribution in [0.4, 0.5) is 0 Å². The minimum absolute atomic E-state index is 0.0550. The number of hydrogen-bond acceptors (Lipinski definition) is 4. The predicted octanol–water partition coefficient (Wildman–Crippen LogP) is -0.597. The number of nitrogens with one attached hydrogen (secondary N) is 3. The maximum atomic E-state index is 11.8. The average Bonchev–Trinajstić information content (AvgIpc) is 2.87. The van der Waals surface area contributed by atoms with Gasteiger partial charge in [-0.05, 0) is 18.8 Å². The van der Waals surface area contributed by atoms with Gasteiger partial charge in [0.2, 0.25) is 10.0 Å². The number of sulfonamides is 1. The molecule has 16 heavy (non-hydrogen) atoms. The first-order chi connectivity index (χ1) is 7.50. The van der Waals surface area contributed by atoms with E-state index in [1.165, 1.54) is 12.4 Å². The molecule has 1 aromatic rings. The Labute approximate surface area is 93.0 Å². The quantitative estimate of drug-likeness (QED) is 0.407. The zero-order chi connectivity index (χ0) is 11.8. The van der Waals surface area contributed by atoms with Crippen LogP contribution in [-0.2, 0) is 10.0 Å². The van der Waals surface area contributed by atoms with Crippen molar-refractivity contribution >= 4 is 15.9 Å². The lowest BCUT2D eigenvalue weighted by atomic mass is 10.2. The number of rotatable bonds is 5. The molecule has 88 valence electrons. The molecule has 5 N–H and O–H groups in total. The summed E-state index contributed by atoms with van der Waals surface area (Å²) in [7, 11) is -3.63. The van der Waals surface area contributed by atoms with Crippen LogP contribution in [-0.4, -0.2) is 30.5 Å². The summed E-state index contributed by atoms with van der Waals surface area (Å²) in [6, 6.07) is -0.597. The minimum Gasteiger partial charge on any atom is -0.386 e. The predicted molar refractivity (Wildman–Crippen MR) is 57.3 cm³/mol. The van der Waals surface area contributed by atoms with Gasteiger partial charge in [0.25, 0.3) is 0 Å². The Balaban J connectivity index is 2.16. The van der Waals surface area contributed by atoms with Gasteiger partial charge in [-0.1, -0.05) is 0 Å². The van der Waals surface area contributed by atoms with Crippen molar-refractivity contribution in [2.75, 3.05) is 0 Å². The molecule has 1 atom stereocenters. The fourth-order valence-electron chi connectivity index (χ4n) is 1.46. The second-order valence-corrected chi connectivity index (χ2v) is 5.54. The molecule has 7 nitrogen and oxygen atoms in total. The third-order valence-corrected chi connectivity index (χ3v) is 3.90. The largest absolute Gasteiger partial charge is 0.386 e. The lowest BCUT2D eigenvalue weighted by molar-refractivity contribution is 0.563. The highest BCUT2D eigenvalue weighted by atomic mass is 32.2. The lowest BCUT2D eigenvalue weighted by Gasteiger charge is -2.15. The smallest absolute Gasteiger partial charge is 0.244 e. The number of nitrogens with zero attached hydrogens (tertiary/aromatic N) is 1. The summed E-state index contributed by atoms with van der Waals surface area (Å²) in [6.45, 7) is 0. The van der Waals surface area contributed by atoms with Crippen LogP contribution >= 0.6 is 0 Å². The Morgan fingerprint density at radius 1 is 1.69 bits per heavy atom. The van der Waals surface area contributed by atoms with E-state index in [-0.39, 0.29) is 16.6 Å². The number of hydrogen-bond donors (Lipinski definition) is 4. The fourth-order valence-corrected chi connectivity index (χ4v) is 2.65. The Bertz CT molecular complexity index is 477. The van der Waals surface area contributed by atoms with Gasteiger partial charge in [-0.15, -0.1) is 0 Å². The van der Waals surface area contributed by atoms with Crippen molar-refractivity contribution in [2.45, 2.75) is 23.8 Å². The molecule has 8 heteroatoms. The van der Waals surface area contributed by atoms with Crippen molar-refractivity contribution in [1.29, 1.82) is 5.41 Å². The molecule has 0 saturated heterocycles. The zero-order valence-corrected chi connectivity index (χ0v) is 9.29. The molecule has 1 aliphatic rings. The first-order valence-corrected chi connectivity index (χ1v) is 6.34. The molecule has 0 amide bonds. The second-order valence-electron chi connectivity index (χ2n) is 3.83. The molecule has 0 aliphatic heterocycles. The van der Waals surface area contributed by atoms with E-state index in [0.29, 0.717) is 0 Å². The third-order valence-electron chi connectivity index (χ3n) is 2.49. The summed E-state index contributed by atoms with van der Waals surface area (Å²) in [6.07, 6.45) is 4.30. The van der Waals surface area contributed by atoms with E-state index in [4.69, 9.17) is 11.1 Å². The van der Waals surface area contributed by atoms with Crippen LogP contribution in [0, 0.1) is 11.3 Å². The van der Waals surface area contributed by atoms with E-state index < -0.39 is 16.1 Å². The van der Waals surface area contributed by atoms with Crippen LogP contribution in [0.5, 0.6) is 0 Å².